The van der Waals surface area contributed by atoms with Crippen molar-refractivity contribution >= 4 is 10.0 Å². The Hall–Kier alpha value is -1.02. The van der Waals surface area contributed by atoms with E-state index in [2.05, 4.69) is 4.72 Å². The van der Waals surface area contributed by atoms with E-state index >= 15 is 0 Å². The van der Waals surface area contributed by atoms with E-state index in [1.165, 1.54) is 19.1 Å². The third-order valence-corrected chi connectivity index (χ3v) is 4.47. The van der Waals surface area contributed by atoms with Crippen LogP contribution in [0.25, 0.3) is 0 Å². The van der Waals surface area contributed by atoms with Crippen molar-refractivity contribution < 1.29 is 22.3 Å². The summed E-state index contributed by atoms with van der Waals surface area (Å²) in [5.41, 5.74) is 0.298. The molecule has 20 heavy (non-hydrogen) atoms. The number of sulfonamides is 1. The fraction of sp³-hybridized carbons (Fsp3) is 0.538. The minimum atomic E-state index is -3.63. The third kappa shape index (κ3) is 3.99. The van der Waals surface area contributed by atoms with Crippen molar-refractivity contribution in [1.29, 1.82) is 0 Å². The fourth-order valence-electron chi connectivity index (χ4n) is 1.88. The van der Waals surface area contributed by atoms with E-state index in [0.717, 1.165) is 12.5 Å². The minimum absolute atomic E-state index is 0.0573. The normalized spacial score (nSPS) is 17.3. The van der Waals surface area contributed by atoms with E-state index < -0.39 is 15.8 Å². The van der Waals surface area contributed by atoms with Gasteiger partial charge in [-0.1, -0.05) is 0 Å². The molecule has 1 aromatic carbocycles. The molecular formula is C13H18FNO4S. The van der Waals surface area contributed by atoms with Gasteiger partial charge in [0.15, 0.2) is 6.29 Å². The maximum absolute atomic E-state index is 13.1. The van der Waals surface area contributed by atoms with Crippen LogP contribution in [0.2, 0.25) is 0 Å². The second-order valence-electron chi connectivity index (χ2n) is 4.62. The van der Waals surface area contributed by atoms with Crippen LogP contribution in [0, 0.1) is 12.7 Å². The van der Waals surface area contributed by atoms with Crippen molar-refractivity contribution in [3.05, 3.63) is 29.6 Å². The molecule has 2 rings (SSSR count). The van der Waals surface area contributed by atoms with Gasteiger partial charge in [-0.05, 0) is 37.1 Å². The second kappa shape index (κ2) is 6.62. The van der Waals surface area contributed by atoms with Gasteiger partial charge >= 0.3 is 0 Å². The summed E-state index contributed by atoms with van der Waals surface area (Å²) in [5, 5.41) is 0. The summed E-state index contributed by atoms with van der Waals surface area (Å²) in [7, 11) is -3.63. The van der Waals surface area contributed by atoms with Gasteiger partial charge in [0.1, 0.15) is 5.82 Å². The smallest absolute Gasteiger partial charge is 0.240 e. The van der Waals surface area contributed by atoms with Crippen LogP contribution < -0.4 is 4.72 Å². The molecule has 0 amide bonds. The number of hydrogen-bond acceptors (Lipinski definition) is 4. The number of hydrogen-bond donors (Lipinski definition) is 1. The lowest BCUT2D eigenvalue weighted by Gasteiger charge is -2.23. The fourth-order valence-corrected chi connectivity index (χ4v) is 3.01. The molecule has 0 spiro atoms. The van der Waals surface area contributed by atoms with E-state index in [1.807, 2.05) is 0 Å². The predicted molar refractivity (Wildman–Crippen MR) is 71.3 cm³/mol. The van der Waals surface area contributed by atoms with E-state index in [9.17, 15) is 12.8 Å². The summed E-state index contributed by atoms with van der Waals surface area (Å²) in [6.45, 7) is 3.00. The van der Waals surface area contributed by atoms with Gasteiger partial charge in [-0.25, -0.2) is 17.5 Å². The van der Waals surface area contributed by atoms with E-state index in [-0.39, 0.29) is 17.7 Å². The molecule has 0 unspecified atom stereocenters. The molecule has 112 valence electrons. The van der Waals surface area contributed by atoms with Crippen LogP contribution in [0.15, 0.2) is 23.1 Å². The van der Waals surface area contributed by atoms with Crippen molar-refractivity contribution in [3.8, 4) is 0 Å². The molecule has 1 heterocycles. The molecule has 1 saturated heterocycles. The maximum Gasteiger partial charge on any atom is 0.240 e. The summed E-state index contributed by atoms with van der Waals surface area (Å²) >= 11 is 0. The Morgan fingerprint density at radius 2 is 2.05 bits per heavy atom. The van der Waals surface area contributed by atoms with Crippen LogP contribution in [-0.4, -0.2) is 34.5 Å². The molecule has 5 nitrogen and oxygen atoms in total. The standard InChI is InChI=1S/C13H18FNO4S/c1-10-9-11(3-4-12(10)14)20(16,17)15-6-5-13-18-7-2-8-19-13/h3-4,9,13,15H,2,5-8H2,1H3. The highest BCUT2D eigenvalue weighted by molar-refractivity contribution is 7.89. The Bertz CT molecular complexity index is 555. The molecule has 1 aliphatic heterocycles. The SMILES string of the molecule is Cc1cc(S(=O)(=O)NCCC2OCCCO2)ccc1F. The molecule has 1 aromatic rings. The highest BCUT2D eigenvalue weighted by atomic mass is 32.2. The molecule has 0 radical (unpaired) electrons. The number of benzene rings is 1. The largest absolute Gasteiger partial charge is 0.353 e. The average molecular weight is 303 g/mol. The summed E-state index contributed by atoms with van der Waals surface area (Å²) in [5.74, 6) is -0.423. The van der Waals surface area contributed by atoms with Crippen LogP contribution in [0.5, 0.6) is 0 Å². The molecule has 1 aliphatic rings. The summed E-state index contributed by atoms with van der Waals surface area (Å²) < 4.78 is 50.3. The van der Waals surface area contributed by atoms with Gasteiger partial charge in [0.05, 0.1) is 18.1 Å². The number of nitrogens with one attached hydrogen (secondary N) is 1. The zero-order valence-corrected chi connectivity index (χ0v) is 12.1. The maximum atomic E-state index is 13.1. The van der Waals surface area contributed by atoms with Crippen molar-refractivity contribution in [1.82, 2.24) is 4.72 Å². The van der Waals surface area contributed by atoms with Gasteiger partial charge in [0.2, 0.25) is 10.0 Å². The van der Waals surface area contributed by atoms with Gasteiger partial charge in [-0.3, -0.25) is 0 Å². The van der Waals surface area contributed by atoms with Crippen LogP contribution in [0.1, 0.15) is 18.4 Å². The zero-order valence-electron chi connectivity index (χ0n) is 11.3. The van der Waals surface area contributed by atoms with E-state index in [0.29, 0.717) is 25.2 Å². The monoisotopic (exact) mass is 303 g/mol. The van der Waals surface area contributed by atoms with Gasteiger partial charge in [0.25, 0.3) is 0 Å². The molecule has 0 aliphatic carbocycles. The molecule has 0 saturated carbocycles. The Balaban J connectivity index is 1.91. The van der Waals surface area contributed by atoms with Crippen molar-refractivity contribution in [3.63, 3.8) is 0 Å². The predicted octanol–water partition coefficient (Wildman–Crippen LogP) is 1.57. The van der Waals surface area contributed by atoms with Crippen LogP contribution >= 0.6 is 0 Å². The van der Waals surface area contributed by atoms with E-state index in [4.69, 9.17) is 9.47 Å². The topological polar surface area (TPSA) is 64.6 Å². The Morgan fingerprint density at radius 3 is 2.70 bits per heavy atom. The molecule has 0 aromatic heterocycles. The van der Waals surface area contributed by atoms with Crippen LogP contribution in [-0.2, 0) is 19.5 Å². The first kappa shape index (κ1) is 15.4. The average Bonchev–Trinajstić information content (AvgIpc) is 2.43. The Morgan fingerprint density at radius 1 is 1.35 bits per heavy atom. The van der Waals surface area contributed by atoms with Crippen molar-refractivity contribution in [2.45, 2.75) is 31.0 Å². The summed E-state index contributed by atoms with van der Waals surface area (Å²) in [6, 6.07) is 3.71. The number of halogens is 1. The molecule has 1 fully saturated rings. The molecule has 1 N–H and O–H groups in total. The summed E-state index contributed by atoms with van der Waals surface area (Å²) in [4.78, 5) is 0.0573. The quantitative estimate of drug-likeness (QED) is 0.896. The molecule has 0 atom stereocenters. The Kier molecular flexibility index (Phi) is 5.09. The number of rotatable bonds is 5. The Labute approximate surface area is 118 Å². The first-order chi connectivity index (χ1) is 9.49. The zero-order chi connectivity index (χ0) is 14.6. The number of aryl methyl sites for hydroxylation is 1. The lowest BCUT2D eigenvalue weighted by Crippen LogP contribution is -2.31. The van der Waals surface area contributed by atoms with Gasteiger partial charge in [-0.2, -0.15) is 0 Å². The number of ether oxygens (including phenoxy) is 2. The minimum Gasteiger partial charge on any atom is -0.353 e. The lowest BCUT2D eigenvalue weighted by molar-refractivity contribution is -0.180. The molecular weight excluding hydrogens is 285 g/mol. The first-order valence-electron chi connectivity index (χ1n) is 6.48. The lowest BCUT2D eigenvalue weighted by atomic mass is 10.2. The second-order valence-corrected chi connectivity index (χ2v) is 6.39. The first-order valence-corrected chi connectivity index (χ1v) is 7.96. The summed E-state index contributed by atoms with van der Waals surface area (Å²) in [6.07, 6.45) is 0.942. The van der Waals surface area contributed by atoms with Gasteiger partial charge < -0.3 is 9.47 Å². The third-order valence-electron chi connectivity index (χ3n) is 3.01. The molecule has 0 bridgehead atoms. The van der Waals surface area contributed by atoms with Gasteiger partial charge in [0, 0.05) is 13.0 Å². The van der Waals surface area contributed by atoms with Gasteiger partial charge in [-0.15, -0.1) is 0 Å². The van der Waals surface area contributed by atoms with Crippen LogP contribution in [0.4, 0.5) is 4.39 Å². The van der Waals surface area contributed by atoms with Crippen molar-refractivity contribution in [2.24, 2.45) is 0 Å². The highest BCUT2D eigenvalue weighted by Gasteiger charge is 2.18. The van der Waals surface area contributed by atoms with Crippen LogP contribution in [0.3, 0.4) is 0 Å². The van der Waals surface area contributed by atoms with E-state index in [1.54, 1.807) is 0 Å². The highest BCUT2D eigenvalue weighted by Crippen LogP contribution is 2.14. The molecule has 7 heteroatoms. The van der Waals surface area contributed by atoms with Crippen molar-refractivity contribution in [2.75, 3.05) is 19.8 Å².